The van der Waals surface area contributed by atoms with Crippen LogP contribution >= 0.6 is 0 Å². The second-order valence-corrected chi connectivity index (χ2v) is 13.9. The average Bonchev–Trinajstić information content (AvgIpc) is 3.79. The van der Waals surface area contributed by atoms with Crippen molar-refractivity contribution < 1.29 is 18.3 Å². The Labute approximate surface area is 304 Å². The highest BCUT2D eigenvalue weighted by Gasteiger charge is 2.50. The molecule has 4 nitrogen and oxygen atoms in total. The fourth-order valence-electron chi connectivity index (χ4n) is 8.96. The average molecular weight is 681 g/mol. The zero-order chi connectivity index (χ0) is 34.7. The molecule has 248 valence electrons. The number of hydrogen-bond donors (Lipinski definition) is 0. The molecule has 10 aromatic rings. The molecule has 53 heavy (non-hydrogen) atoms. The predicted molar refractivity (Wildman–Crippen MR) is 210 cm³/mol. The van der Waals surface area contributed by atoms with E-state index in [1.807, 2.05) is 36.4 Å². The molecule has 0 amide bonds. The Morgan fingerprint density at radius 2 is 0.736 bits per heavy atom. The Kier molecular flexibility index (Phi) is 5.67. The van der Waals surface area contributed by atoms with E-state index in [0.29, 0.717) is 0 Å². The summed E-state index contributed by atoms with van der Waals surface area (Å²) in [6.45, 7) is 0. The van der Waals surface area contributed by atoms with E-state index in [4.69, 9.17) is 18.3 Å². The van der Waals surface area contributed by atoms with E-state index in [9.17, 15) is 0 Å². The lowest BCUT2D eigenvalue weighted by Gasteiger charge is -2.45. The van der Waals surface area contributed by atoms with Gasteiger partial charge in [-0.3, -0.25) is 0 Å². The van der Waals surface area contributed by atoms with Crippen molar-refractivity contribution in [1.82, 2.24) is 0 Å². The highest BCUT2D eigenvalue weighted by molar-refractivity contribution is 6.10. The highest BCUT2D eigenvalue weighted by Crippen LogP contribution is 2.62. The van der Waals surface area contributed by atoms with Gasteiger partial charge in [-0.15, -0.1) is 0 Å². The van der Waals surface area contributed by atoms with Gasteiger partial charge >= 0.3 is 0 Å². The van der Waals surface area contributed by atoms with Crippen molar-refractivity contribution in [2.75, 3.05) is 0 Å². The quantitative estimate of drug-likeness (QED) is 0.182. The largest absolute Gasteiger partial charge is 0.457 e. The van der Waals surface area contributed by atoms with E-state index >= 15 is 0 Å². The van der Waals surface area contributed by atoms with Gasteiger partial charge in [0.2, 0.25) is 0 Å². The maximum atomic E-state index is 6.85. The number of fused-ring (bicyclic) bond motifs is 14. The summed E-state index contributed by atoms with van der Waals surface area (Å²) in [4.78, 5) is 0. The fraction of sp³-hybridized carbons (Fsp3) is 0.0204. The molecule has 1 spiro atoms. The number of ether oxygens (including phenoxy) is 2. The summed E-state index contributed by atoms with van der Waals surface area (Å²) in [5, 5.41) is 4.41. The first kappa shape index (κ1) is 28.6. The van der Waals surface area contributed by atoms with Crippen molar-refractivity contribution in [3.05, 3.63) is 192 Å². The van der Waals surface area contributed by atoms with Crippen LogP contribution in [0.15, 0.2) is 179 Å². The minimum Gasteiger partial charge on any atom is -0.457 e. The summed E-state index contributed by atoms with van der Waals surface area (Å²) in [5.41, 5.74) is 11.1. The molecular formula is C49H28O4. The molecule has 0 bridgehead atoms. The molecular weight excluding hydrogens is 653 g/mol. The topological polar surface area (TPSA) is 44.7 Å². The van der Waals surface area contributed by atoms with Gasteiger partial charge in [-0.05, 0) is 47.5 Å². The monoisotopic (exact) mass is 680 g/mol. The number of para-hydroxylation sites is 6. The van der Waals surface area contributed by atoms with Crippen LogP contribution in [0, 0.1) is 0 Å². The van der Waals surface area contributed by atoms with Crippen LogP contribution in [0.4, 0.5) is 0 Å². The molecule has 4 heterocycles. The standard InChI is InChI=1S/C49H28O4/c1-5-19-41-33(11-1)35-15-9-13-31(47(35)52-41)29-23-25-39-45(27-29)50-43-21-7-3-17-37(43)49(39)38-18-4-8-22-44(38)51-46-28-30(24-26-40(46)49)32-14-10-16-36-34-12-2-6-20-42(34)53-48(32)36/h1-28H. The Morgan fingerprint density at radius 1 is 0.321 bits per heavy atom. The van der Waals surface area contributed by atoms with Crippen LogP contribution in [0.2, 0.25) is 0 Å². The number of rotatable bonds is 2. The van der Waals surface area contributed by atoms with Gasteiger partial charge in [0.15, 0.2) is 0 Å². The summed E-state index contributed by atoms with van der Waals surface area (Å²) in [6.07, 6.45) is 0. The van der Waals surface area contributed by atoms with Gasteiger partial charge < -0.3 is 18.3 Å². The van der Waals surface area contributed by atoms with E-state index in [1.165, 1.54) is 0 Å². The molecule has 2 aromatic heterocycles. The first-order valence-electron chi connectivity index (χ1n) is 17.9. The third-order valence-corrected chi connectivity index (χ3v) is 11.2. The fourth-order valence-corrected chi connectivity index (χ4v) is 8.96. The number of hydrogen-bond acceptors (Lipinski definition) is 4. The van der Waals surface area contributed by atoms with E-state index in [2.05, 4.69) is 133 Å². The van der Waals surface area contributed by atoms with E-state index in [-0.39, 0.29) is 0 Å². The maximum absolute atomic E-state index is 6.85. The van der Waals surface area contributed by atoms with Gasteiger partial charge in [0.25, 0.3) is 0 Å². The molecule has 0 saturated carbocycles. The van der Waals surface area contributed by atoms with Crippen LogP contribution in [-0.2, 0) is 5.41 Å². The summed E-state index contributed by atoms with van der Waals surface area (Å²) in [5.74, 6) is 3.23. The lowest BCUT2D eigenvalue weighted by molar-refractivity contribution is 0.399. The molecule has 0 fully saturated rings. The summed E-state index contributed by atoms with van der Waals surface area (Å²) in [7, 11) is 0. The zero-order valence-electron chi connectivity index (χ0n) is 28.3. The smallest absolute Gasteiger partial charge is 0.143 e. The molecule has 0 aliphatic carbocycles. The van der Waals surface area contributed by atoms with Gasteiger partial charge in [-0.25, -0.2) is 0 Å². The lowest BCUT2D eigenvalue weighted by Crippen LogP contribution is -2.36. The van der Waals surface area contributed by atoms with Gasteiger partial charge in [0.1, 0.15) is 45.3 Å². The van der Waals surface area contributed by atoms with Crippen LogP contribution < -0.4 is 9.47 Å². The van der Waals surface area contributed by atoms with Crippen molar-refractivity contribution in [3.63, 3.8) is 0 Å². The molecule has 0 saturated heterocycles. The van der Waals surface area contributed by atoms with E-state index in [0.717, 1.165) is 111 Å². The van der Waals surface area contributed by atoms with Gasteiger partial charge in [0, 0.05) is 54.9 Å². The molecule has 0 unspecified atom stereocenters. The van der Waals surface area contributed by atoms with Gasteiger partial charge in [0.05, 0.1) is 5.41 Å². The van der Waals surface area contributed by atoms with E-state index < -0.39 is 5.41 Å². The molecule has 0 N–H and O–H groups in total. The van der Waals surface area contributed by atoms with Crippen LogP contribution in [0.5, 0.6) is 23.0 Å². The van der Waals surface area contributed by atoms with Crippen molar-refractivity contribution in [1.29, 1.82) is 0 Å². The molecule has 12 rings (SSSR count). The normalized spacial score (nSPS) is 13.7. The van der Waals surface area contributed by atoms with Crippen LogP contribution in [0.25, 0.3) is 66.1 Å². The Balaban J connectivity index is 1.10. The number of furan rings is 2. The van der Waals surface area contributed by atoms with Crippen molar-refractivity contribution in [2.45, 2.75) is 5.41 Å². The third-order valence-electron chi connectivity index (χ3n) is 11.2. The first-order chi connectivity index (χ1) is 26.3. The van der Waals surface area contributed by atoms with Crippen LogP contribution in [-0.4, -0.2) is 0 Å². The van der Waals surface area contributed by atoms with Gasteiger partial charge in [-0.1, -0.05) is 133 Å². The minimum atomic E-state index is -0.706. The summed E-state index contributed by atoms with van der Waals surface area (Å²) < 4.78 is 26.6. The second-order valence-electron chi connectivity index (χ2n) is 13.9. The predicted octanol–water partition coefficient (Wildman–Crippen LogP) is 13.4. The van der Waals surface area contributed by atoms with Crippen LogP contribution in [0.3, 0.4) is 0 Å². The Hall–Kier alpha value is -7.04. The van der Waals surface area contributed by atoms with Gasteiger partial charge in [-0.2, -0.15) is 0 Å². The highest BCUT2D eigenvalue weighted by atomic mass is 16.5. The molecule has 4 heteroatoms. The van der Waals surface area contributed by atoms with E-state index in [1.54, 1.807) is 0 Å². The third kappa shape index (κ3) is 3.84. The van der Waals surface area contributed by atoms with Crippen molar-refractivity contribution in [3.8, 4) is 45.3 Å². The molecule has 0 atom stereocenters. The number of benzene rings is 8. The molecule has 0 radical (unpaired) electrons. The first-order valence-corrected chi connectivity index (χ1v) is 17.9. The van der Waals surface area contributed by atoms with Crippen molar-refractivity contribution >= 4 is 43.9 Å². The Bertz CT molecular complexity index is 2930. The minimum absolute atomic E-state index is 0.706. The maximum Gasteiger partial charge on any atom is 0.143 e. The molecule has 2 aliphatic rings. The SMILES string of the molecule is c1ccc2c(c1)Oc1cc(-c3cccc4c3oc3ccccc34)ccc1C21c2ccccc2Oc2cc(-c3cccc4c3oc3ccccc34)ccc21. The zero-order valence-corrected chi connectivity index (χ0v) is 28.3. The lowest BCUT2D eigenvalue weighted by atomic mass is 9.62. The molecule has 8 aromatic carbocycles. The second kappa shape index (κ2) is 10.5. The Morgan fingerprint density at radius 3 is 1.25 bits per heavy atom. The van der Waals surface area contributed by atoms with Crippen molar-refractivity contribution in [2.24, 2.45) is 0 Å². The summed E-state index contributed by atoms with van der Waals surface area (Å²) >= 11 is 0. The molecule has 2 aliphatic heterocycles. The summed E-state index contributed by atoms with van der Waals surface area (Å²) in [6, 6.07) is 59.1. The van der Waals surface area contributed by atoms with Crippen LogP contribution in [0.1, 0.15) is 22.3 Å².